The lowest BCUT2D eigenvalue weighted by molar-refractivity contribution is -0.196. The Kier molecular flexibility index (Phi) is 5.80. The number of hydrogen-bond donors (Lipinski definition) is 1. The third kappa shape index (κ3) is 4.60. The predicted octanol–water partition coefficient (Wildman–Crippen LogP) is 2.02. The first-order chi connectivity index (χ1) is 6.87. The highest BCUT2D eigenvalue weighted by atomic mass is 31.1. The summed E-state index contributed by atoms with van der Waals surface area (Å²) in [7, 11) is -3.14. The number of rotatable bonds is 6. The fraction of sp³-hybridized carbons (Fsp3) is 0.667. The van der Waals surface area contributed by atoms with Gasteiger partial charge in [-0.1, -0.05) is 20.4 Å². The molecule has 0 aliphatic heterocycles. The molecule has 0 aromatic carbocycles. The molecule has 0 radical (unpaired) electrons. The van der Waals surface area contributed by atoms with Gasteiger partial charge in [-0.2, -0.15) is 0 Å². The molecule has 0 rings (SSSR count). The molecule has 0 aromatic heterocycles. The topological polar surface area (TPSA) is 72.8 Å². The van der Waals surface area contributed by atoms with Gasteiger partial charge in [0.15, 0.2) is 0 Å². The molecule has 5 nitrogen and oxygen atoms in total. The maximum Gasteiger partial charge on any atom is 0.335 e. The van der Waals surface area contributed by atoms with Crippen LogP contribution in [0, 0.1) is 0 Å². The molecular formula is C9H17O5P. The molecular weight excluding hydrogens is 219 g/mol. The minimum Gasteiger partial charge on any atom is -0.429 e. The molecule has 0 aliphatic carbocycles. The van der Waals surface area contributed by atoms with Crippen molar-refractivity contribution >= 4 is 14.2 Å². The van der Waals surface area contributed by atoms with E-state index in [2.05, 4.69) is 6.58 Å². The quantitative estimate of drug-likeness (QED) is 0.330. The molecule has 1 N–H and O–H groups in total. The summed E-state index contributed by atoms with van der Waals surface area (Å²) in [6.45, 7) is 8.34. The molecule has 15 heavy (non-hydrogen) atoms. The Hall–Kier alpha value is -0.640. The molecule has 6 heteroatoms. The molecule has 0 bridgehead atoms. The first kappa shape index (κ1) is 14.4. The van der Waals surface area contributed by atoms with Crippen molar-refractivity contribution in [3.8, 4) is 0 Å². The summed E-state index contributed by atoms with van der Waals surface area (Å²) in [6, 6.07) is 0. The van der Waals surface area contributed by atoms with Crippen molar-refractivity contribution in [2.75, 3.05) is 0 Å². The van der Waals surface area contributed by atoms with E-state index in [0.717, 1.165) is 0 Å². The fourth-order valence-electron chi connectivity index (χ4n) is 0.975. The lowest BCUT2D eigenvalue weighted by Gasteiger charge is -2.29. The van der Waals surface area contributed by atoms with E-state index in [9.17, 15) is 9.36 Å². The van der Waals surface area contributed by atoms with Crippen molar-refractivity contribution in [1.82, 2.24) is 0 Å². The molecule has 0 amide bonds. The lowest BCUT2D eigenvalue weighted by atomic mass is 10.1. The number of ether oxygens (including phenoxy) is 1. The normalized spacial score (nSPS) is 13.3. The van der Waals surface area contributed by atoms with Gasteiger partial charge in [0.1, 0.15) is 0 Å². The average Bonchev–Trinajstić information content (AvgIpc) is 2.15. The number of carbonyl (C=O) groups excluding carboxylic acids is 1. The molecule has 0 saturated carbocycles. The first-order valence-corrected chi connectivity index (χ1v) is 5.94. The zero-order chi connectivity index (χ0) is 12.1. The van der Waals surface area contributed by atoms with Gasteiger partial charge in [-0.25, -0.2) is 4.79 Å². The fourth-order valence-corrected chi connectivity index (χ4v) is 1.62. The largest absolute Gasteiger partial charge is 0.429 e. The van der Waals surface area contributed by atoms with Crippen molar-refractivity contribution in [1.29, 1.82) is 0 Å². The van der Waals surface area contributed by atoms with Gasteiger partial charge < -0.3 is 9.63 Å². The van der Waals surface area contributed by atoms with Crippen LogP contribution in [0.2, 0.25) is 0 Å². The Morgan fingerprint density at radius 3 is 2.20 bits per heavy atom. The average molecular weight is 236 g/mol. The van der Waals surface area contributed by atoms with Crippen molar-refractivity contribution in [2.45, 2.75) is 39.4 Å². The monoisotopic (exact) mass is 236 g/mol. The summed E-state index contributed by atoms with van der Waals surface area (Å²) >= 11 is 0. The number of esters is 1. The van der Waals surface area contributed by atoms with E-state index in [1.807, 2.05) is 0 Å². The van der Waals surface area contributed by atoms with Gasteiger partial charge in [-0.05, 0) is 6.92 Å². The van der Waals surface area contributed by atoms with Gasteiger partial charge >= 0.3 is 14.2 Å². The second kappa shape index (κ2) is 6.05. The zero-order valence-electron chi connectivity index (χ0n) is 9.20. The zero-order valence-corrected chi connectivity index (χ0v) is 10.2. The van der Waals surface area contributed by atoms with Gasteiger partial charge in [0.2, 0.25) is 5.79 Å². The highest BCUT2D eigenvalue weighted by Crippen LogP contribution is 2.33. The van der Waals surface area contributed by atoms with Crippen LogP contribution >= 0.6 is 8.25 Å². The molecule has 0 spiro atoms. The molecule has 0 saturated heterocycles. The van der Waals surface area contributed by atoms with E-state index < -0.39 is 20.0 Å². The molecule has 0 heterocycles. The van der Waals surface area contributed by atoms with Gasteiger partial charge in [-0.15, -0.1) is 0 Å². The summed E-state index contributed by atoms with van der Waals surface area (Å²) < 4.78 is 20.4. The smallest absolute Gasteiger partial charge is 0.335 e. The van der Waals surface area contributed by atoms with Crippen LogP contribution in [0.25, 0.3) is 0 Å². The Morgan fingerprint density at radius 1 is 1.47 bits per heavy atom. The standard InChI is InChI=1S/C9H17O5P/c1-5-9(6-2,14-15(11)12)13-8(10)7(3)4/h15H,3,5-6H2,1-2,4H3,(H,11,12). The first-order valence-electron chi connectivity index (χ1n) is 4.67. The molecule has 1 unspecified atom stereocenters. The van der Waals surface area contributed by atoms with Crippen LogP contribution < -0.4 is 0 Å². The predicted molar refractivity (Wildman–Crippen MR) is 56.5 cm³/mol. The van der Waals surface area contributed by atoms with Gasteiger partial charge in [0.05, 0.1) is 0 Å². The maximum atomic E-state index is 11.3. The molecule has 0 aliphatic rings. The third-order valence-corrected chi connectivity index (χ3v) is 2.52. The van der Waals surface area contributed by atoms with E-state index >= 15 is 0 Å². The third-order valence-electron chi connectivity index (χ3n) is 1.98. The summed E-state index contributed by atoms with van der Waals surface area (Å²) in [4.78, 5) is 20.0. The van der Waals surface area contributed by atoms with E-state index in [1.165, 1.54) is 6.92 Å². The van der Waals surface area contributed by atoms with Crippen LogP contribution in [-0.4, -0.2) is 16.6 Å². The minimum absolute atomic E-state index is 0.225. The Morgan fingerprint density at radius 2 is 1.93 bits per heavy atom. The van der Waals surface area contributed by atoms with Gasteiger partial charge in [0.25, 0.3) is 0 Å². The maximum absolute atomic E-state index is 11.3. The van der Waals surface area contributed by atoms with E-state index in [4.69, 9.17) is 14.2 Å². The van der Waals surface area contributed by atoms with E-state index in [0.29, 0.717) is 12.8 Å². The molecule has 0 fully saturated rings. The Balaban J connectivity index is 4.70. The second-order valence-electron chi connectivity index (χ2n) is 3.16. The number of hydrogen-bond acceptors (Lipinski definition) is 4. The van der Waals surface area contributed by atoms with Crippen molar-refractivity contribution < 1.29 is 23.5 Å². The van der Waals surface area contributed by atoms with Crippen molar-refractivity contribution in [3.05, 3.63) is 12.2 Å². The molecule has 0 aromatic rings. The highest BCUT2D eigenvalue weighted by Gasteiger charge is 2.33. The lowest BCUT2D eigenvalue weighted by Crippen LogP contribution is -2.35. The van der Waals surface area contributed by atoms with Crippen molar-refractivity contribution in [3.63, 3.8) is 0 Å². The highest BCUT2D eigenvalue weighted by molar-refractivity contribution is 7.32. The number of carbonyl (C=O) groups is 1. The van der Waals surface area contributed by atoms with Crippen LogP contribution in [0.3, 0.4) is 0 Å². The van der Waals surface area contributed by atoms with Gasteiger partial charge in [0, 0.05) is 18.4 Å². The summed E-state index contributed by atoms with van der Waals surface area (Å²) in [5, 5.41) is 0. The van der Waals surface area contributed by atoms with Crippen molar-refractivity contribution in [2.24, 2.45) is 0 Å². The summed E-state index contributed by atoms with van der Waals surface area (Å²) in [6.07, 6.45) is 0.610. The SMILES string of the molecule is C=C(C)C(=O)OC(CC)(CC)O[PH](=O)O. The van der Waals surface area contributed by atoms with E-state index in [-0.39, 0.29) is 5.57 Å². The van der Waals surface area contributed by atoms with Gasteiger partial charge in [-0.3, -0.25) is 9.09 Å². The molecule has 88 valence electrons. The van der Waals surface area contributed by atoms with Crippen LogP contribution in [0.4, 0.5) is 0 Å². The minimum atomic E-state index is -3.14. The van der Waals surface area contributed by atoms with Crippen LogP contribution in [0.15, 0.2) is 12.2 Å². The van der Waals surface area contributed by atoms with Crippen LogP contribution in [0.5, 0.6) is 0 Å². The Bertz CT molecular complexity index is 270. The second-order valence-corrected chi connectivity index (χ2v) is 3.89. The van der Waals surface area contributed by atoms with Crippen LogP contribution in [0.1, 0.15) is 33.6 Å². The Labute approximate surface area is 90.0 Å². The van der Waals surface area contributed by atoms with Crippen LogP contribution in [-0.2, 0) is 18.6 Å². The summed E-state index contributed by atoms with van der Waals surface area (Å²) in [5.41, 5.74) is 0.225. The summed E-state index contributed by atoms with van der Waals surface area (Å²) in [5.74, 6) is -1.94. The van der Waals surface area contributed by atoms with E-state index in [1.54, 1.807) is 13.8 Å². The molecule has 1 atom stereocenters.